The molecule has 0 spiro atoms. The second-order valence-electron chi connectivity index (χ2n) is 2.32. The zero-order valence-corrected chi connectivity index (χ0v) is 8.11. The average molecular weight is 204 g/mol. The van der Waals surface area contributed by atoms with Crippen LogP contribution in [0.3, 0.4) is 0 Å². The molecule has 2 nitrogen and oxygen atoms in total. The van der Waals surface area contributed by atoms with E-state index in [2.05, 4.69) is 12.6 Å². The average Bonchev–Trinajstić information content (AvgIpc) is 2.03. The summed E-state index contributed by atoms with van der Waals surface area (Å²) in [4.78, 5) is 0. The fraction of sp³-hybridized carbons (Fsp3) is 0.250. The Bertz CT molecular complexity index is 267. The first kappa shape index (κ1) is 9.71. The number of halogens is 1. The molecule has 12 heavy (non-hydrogen) atoms. The summed E-state index contributed by atoms with van der Waals surface area (Å²) in [6.07, 6.45) is 0. The lowest BCUT2D eigenvalue weighted by atomic mass is 10.2. The highest BCUT2D eigenvalue weighted by atomic mass is 35.5. The molecule has 1 aromatic carbocycles. The van der Waals surface area contributed by atoms with Gasteiger partial charge in [0.1, 0.15) is 0 Å². The summed E-state index contributed by atoms with van der Waals surface area (Å²) < 4.78 is 5.08. The van der Waals surface area contributed by atoms with Gasteiger partial charge in [-0.15, -0.1) is 0 Å². The highest BCUT2D eigenvalue weighted by molar-refractivity contribution is 7.80. The maximum absolute atomic E-state index is 5.72. The third-order valence-electron chi connectivity index (χ3n) is 1.46. The molecule has 0 atom stereocenters. The summed E-state index contributed by atoms with van der Waals surface area (Å²) in [5.74, 6) is 0.391. The molecule has 0 aliphatic heterocycles. The van der Waals surface area contributed by atoms with Crippen LogP contribution in [0.4, 0.5) is 5.69 Å². The van der Waals surface area contributed by atoms with Gasteiger partial charge in [0.2, 0.25) is 0 Å². The first-order chi connectivity index (χ1) is 5.74. The summed E-state index contributed by atoms with van der Waals surface area (Å²) in [6, 6.07) is 5.34. The molecule has 2 N–H and O–H groups in total. The Morgan fingerprint density at radius 3 is 2.83 bits per heavy atom. The number of rotatable bonds is 3. The van der Waals surface area contributed by atoms with Crippen molar-refractivity contribution in [2.24, 2.45) is 0 Å². The Kier molecular flexibility index (Phi) is 3.72. The van der Waals surface area contributed by atoms with Crippen LogP contribution in [0.5, 0.6) is 0 Å². The van der Waals surface area contributed by atoms with Gasteiger partial charge >= 0.3 is 0 Å². The molecule has 0 radical (unpaired) electrons. The lowest BCUT2D eigenvalue weighted by molar-refractivity contribution is 0.170. The minimum Gasteiger partial charge on any atom is -0.398 e. The molecule has 0 bridgehead atoms. The van der Waals surface area contributed by atoms with Crippen molar-refractivity contribution >= 4 is 29.9 Å². The normalized spacial score (nSPS) is 10.2. The Morgan fingerprint density at radius 2 is 2.25 bits per heavy atom. The molecule has 0 heterocycles. The third kappa shape index (κ3) is 2.59. The van der Waals surface area contributed by atoms with Crippen LogP contribution >= 0.6 is 24.2 Å². The third-order valence-corrected chi connectivity index (χ3v) is 1.87. The Morgan fingerprint density at radius 1 is 1.50 bits per heavy atom. The van der Waals surface area contributed by atoms with E-state index >= 15 is 0 Å². The van der Waals surface area contributed by atoms with Crippen LogP contribution in [-0.2, 0) is 11.3 Å². The number of thiol groups is 1. The molecule has 66 valence electrons. The molecule has 0 saturated heterocycles. The largest absolute Gasteiger partial charge is 0.398 e. The van der Waals surface area contributed by atoms with E-state index in [0.717, 1.165) is 5.56 Å². The molecule has 4 heteroatoms. The van der Waals surface area contributed by atoms with Crippen molar-refractivity contribution in [2.45, 2.75) is 6.61 Å². The van der Waals surface area contributed by atoms with E-state index in [1.54, 1.807) is 12.1 Å². The molecule has 0 saturated carbocycles. The SMILES string of the molecule is Nc1cc(Cl)ccc1COCS. The first-order valence-corrected chi connectivity index (χ1v) is 4.47. The van der Waals surface area contributed by atoms with Gasteiger partial charge in [-0.2, -0.15) is 12.6 Å². The van der Waals surface area contributed by atoms with E-state index in [4.69, 9.17) is 22.1 Å². The van der Waals surface area contributed by atoms with Crippen molar-refractivity contribution in [3.8, 4) is 0 Å². The summed E-state index contributed by atoms with van der Waals surface area (Å²) in [7, 11) is 0. The fourth-order valence-electron chi connectivity index (χ4n) is 0.853. The van der Waals surface area contributed by atoms with Gasteiger partial charge < -0.3 is 10.5 Å². The lowest BCUT2D eigenvalue weighted by Crippen LogP contribution is -1.96. The van der Waals surface area contributed by atoms with E-state index in [-0.39, 0.29) is 0 Å². The topological polar surface area (TPSA) is 35.2 Å². The quantitative estimate of drug-likeness (QED) is 0.449. The van der Waals surface area contributed by atoms with E-state index in [0.29, 0.717) is 23.3 Å². The monoisotopic (exact) mass is 203 g/mol. The lowest BCUT2D eigenvalue weighted by Gasteiger charge is -2.04. The van der Waals surface area contributed by atoms with Crippen LogP contribution in [0.2, 0.25) is 5.02 Å². The van der Waals surface area contributed by atoms with E-state index in [1.165, 1.54) is 0 Å². The molecule has 0 aliphatic rings. The molecule has 0 unspecified atom stereocenters. The number of anilines is 1. The highest BCUT2D eigenvalue weighted by Crippen LogP contribution is 2.18. The fourth-order valence-corrected chi connectivity index (χ4v) is 1.12. The van der Waals surface area contributed by atoms with Gasteiger partial charge in [-0.1, -0.05) is 17.7 Å². The minimum atomic E-state index is 0.391. The van der Waals surface area contributed by atoms with Crippen molar-refractivity contribution in [1.82, 2.24) is 0 Å². The molecular weight excluding hydrogens is 194 g/mol. The van der Waals surface area contributed by atoms with Gasteiger partial charge in [0.15, 0.2) is 0 Å². The number of hydrogen-bond acceptors (Lipinski definition) is 3. The zero-order valence-electron chi connectivity index (χ0n) is 6.46. The van der Waals surface area contributed by atoms with Crippen molar-refractivity contribution in [2.75, 3.05) is 11.7 Å². The second kappa shape index (κ2) is 4.60. The molecular formula is C8H10ClNOS. The maximum atomic E-state index is 5.72. The summed E-state index contributed by atoms with van der Waals surface area (Å²) >= 11 is 9.63. The van der Waals surface area contributed by atoms with Crippen molar-refractivity contribution in [3.63, 3.8) is 0 Å². The smallest absolute Gasteiger partial charge is 0.0897 e. The van der Waals surface area contributed by atoms with Gasteiger partial charge in [0.25, 0.3) is 0 Å². The van der Waals surface area contributed by atoms with Gasteiger partial charge in [0, 0.05) is 16.3 Å². The van der Waals surface area contributed by atoms with Gasteiger partial charge in [-0.25, -0.2) is 0 Å². The summed E-state index contributed by atoms with van der Waals surface area (Å²) in [5, 5.41) is 0.641. The first-order valence-electron chi connectivity index (χ1n) is 3.46. The van der Waals surface area contributed by atoms with Gasteiger partial charge in [-0.05, 0) is 12.1 Å². The Hall–Kier alpha value is -0.380. The van der Waals surface area contributed by atoms with E-state index in [9.17, 15) is 0 Å². The van der Waals surface area contributed by atoms with Crippen LogP contribution in [0.25, 0.3) is 0 Å². The number of nitrogen functional groups attached to an aromatic ring is 1. The number of ether oxygens (including phenoxy) is 1. The predicted molar refractivity (Wildman–Crippen MR) is 54.5 cm³/mol. The van der Waals surface area contributed by atoms with E-state index in [1.807, 2.05) is 6.07 Å². The van der Waals surface area contributed by atoms with Gasteiger partial charge in [-0.3, -0.25) is 0 Å². The molecule has 0 aromatic heterocycles. The summed E-state index contributed by atoms with van der Waals surface area (Å²) in [5.41, 5.74) is 7.27. The zero-order chi connectivity index (χ0) is 8.97. The van der Waals surface area contributed by atoms with Gasteiger partial charge in [0.05, 0.1) is 12.5 Å². The predicted octanol–water partition coefficient (Wildman–Crippen LogP) is 2.33. The van der Waals surface area contributed by atoms with Crippen LogP contribution in [0, 0.1) is 0 Å². The molecule has 0 fully saturated rings. The van der Waals surface area contributed by atoms with Crippen molar-refractivity contribution in [1.29, 1.82) is 0 Å². The Balaban J connectivity index is 2.72. The maximum Gasteiger partial charge on any atom is 0.0897 e. The molecule has 0 aliphatic carbocycles. The second-order valence-corrected chi connectivity index (χ2v) is 3.02. The van der Waals surface area contributed by atoms with Crippen molar-refractivity contribution < 1.29 is 4.74 Å². The van der Waals surface area contributed by atoms with Crippen LogP contribution in [0.15, 0.2) is 18.2 Å². The van der Waals surface area contributed by atoms with Crippen LogP contribution in [-0.4, -0.2) is 5.94 Å². The standard InChI is InChI=1S/C8H10ClNOS/c9-7-2-1-6(4-11-5-12)8(10)3-7/h1-3,12H,4-5,10H2. The molecule has 0 amide bonds. The number of hydrogen-bond donors (Lipinski definition) is 2. The van der Waals surface area contributed by atoms with Crippen LogP contribution < -0.4 is 5.73 Å². The molecule has 1 aromatic rings. The highest BCUT2D eigenvalue weighted by Gasteiger charge is 1.98. The van der Waals surface area contributed by atoms with Crippen molar-refractivity contribution in [3.05, 3.63) is 28.8 Å². The summed E-state index contributed by atoms with van der Waals surface area (Å²) in [6.45, 7) is 0.479. The minimum absolute atomic E-state index is 0.391. The number of nitrogens with two attached hydrogens (primary N) is 1. The Labute approximate surface area is 82.1 Å². The van der Waals surface area contributed by atoms with Crippen LogP contribution in [0.1, 0.15) is 5.56 Å². The number of benzene rings is 1. The van der Waals surface area contributed by atoms with E-state index < -0.39 is 0 Å². The molecule has 1 rings (SSSR count).